The summed E-state index contributed by atoms with van der Waals surface area (Å²) in [7, 11) is 0. The molecule has 266 valence electrons. The second-order valence-corrected chi connectivity index (χ2v) is 14.6. The first-order valence-corrected chi connectivity index (χ1v) is 19.2. The molecule has 5 heteroatoms. The molecule has 57 heavy (non-hydrogen) atoms. The van der Waals surface area contributed by atoms with E-state index in [0.29, 0.717) is 11.5 Å². The summed E-state index contributed by atoms with van der Waals surface area (Å²) in [6, 6.07) is 68.7. The summed E-state index contributed by atoms with van der Waals surface area (Å²) in [6.07, 6.45) is 0. The zero-order chi connectivity index (χ0) is 37.5. The minimum atomic E-state index is 0.583. The highest BCUT2D eigenvalue weighted by Gasteiger charge is 2.20. The van der Waals surface area contributed by atoms with Crippen LogP contribution in [0.5, 0.6) is 0 Å². The largest absolute Gasteiger partial charge is 0.438 e. The average molecular weight is 729 g/mol. The summed E-state index contributed by atoms with van der Waals surface area (Å²) in [6.45, 7) is 0. The minimum Gasteiger partial charge on any atom is -0.438 e. The maximum absolute atomic E-state index is 6.35. The van der Waals surface area contributed by atoms with Gasteiger partial charge in [0.25, 0.3) is 0 Å². The molecule has 4 heterocycles. The molecule has 12 aromatic rings. The highest BCUT2D eigenvalue weighted by molar-refractivity contribution is 6.13. The number of para-hydroxylation sites is 4. The van der Waals surface area contributed by atoms with Gasteiger partial charge in [0.15, 0.2) is 5.82 Å². The number of hydrogen-bond donors (Lipinski definition) is 0. The molecule has 0 N–H and O–H groups in total. The maximum atomic E-state index is 6.35. The number of hydrogen-bond acceptors (Lipinski definition) is 3. The van der Waals surface area contributed by atoms with Gasteiger partial charge in [-0.05, 0) is 77.9 Å². The monoisotopic (exact) mass is 728 g/mol. The fourth-order valence-corrected chi connectivity index (χ4v) is 8.78. The average Bonchev–Trinajstić information content (AvgIpc) is 3.94. The zero-order valence-corrected chi connectivity index (χ0v) is 30.7. The van der Waals surface area contributed by atoms with E-state index < -0.39 is 0 Å². The van der Waals surface area contributed by atoms with Crippen LogP contribution in [0.4, 0.5) is 0 Å². The zero-order valence-electron chi connectivity index (χ0n) is 30.7. The number of nitrogens with zero attached hydrogens (tertiary/aromatic N) is 4. The van der Waals surface area contributed by atoms with Crippen molar-refractivity contribution in [2.75, 3.05) is 0 Å². The molecule has 0 spiro atoms. The molecule has 0 amide bonds. The van der Waals surface area contributed by atoms with Crippen molar-refractivity contribution >= 4 is 65.7 Å². The lowest BCUT2D eigenvalue weighted by Gasteiger charge is -2.10. The van der Waals surface area contributed by atoms with E-state index in [1.54, 1.807) is 0 Å². The van der Waals surface area contributed by atoms with E-state index in [-0.39, 0.29) is 0 Å². The first kappa shape index (κ1) is 31.6. The number of furan rings is 1. The van der Waals surface area contributed by atoms with E-state index in [4.69, 9.17) is 14.4 Å². The first-order valence-electron chi connectivity index (χ1n) is 19.2. The van der Waals surface area contributed by atoms with Gasteiger partial charge in [0.1, 0.15) is 5.58 Å². The van der Waals surface area contributed by atoms with Crippen LogP contribution in [-0.4, -0.2) is 19.1 Å². The molecule has 0 unspecified atom stereocenters. The molecule has 0 saturated carbocycles. The van der Waals surface area contributed by atoms with Gasteiger partial charge >= 0.3 is 0 Å². The van der Waals surface area contributed by atoms with Crippen LogP contribution in [0.15, 0.2) is 199 Å². The molecule has 0 atom stereocenters. The lowest BCUT2D eigenvalue weighted by Crippen LogP contribution is -1.95. The Kier molecular flexibility index (Phi) is 6.86. The maximum Gasteiger partial charge on any atom is 0.231 e. The lowest BCUT2D eigenvalue weighted by molar-refractivity contribution is 0.653. The molecule has 0 aliphatic carbocycles. The number of fused-ring (bicyclic) bond motifs is 9. The van der Waals surface area contributed by atoms with Crippen LogP contribution in [0.2, 0.25) is 0 Å². The summed E-state index contributed by atoms with van der Waals surface area (Å²) in [5.74, 6) is 0.625. The summed E-state index contributed by atoms with van der Waals surface area (Å²) in [5.41, 5.74) is 13.4. The predicted molar refractivity (Wildman–Crippen MR) is 234 cm³/mol. The van der Waals surface area contributed by atoms with Gasteiger partial charge in [-0.15, -0.1) is 0 Å². The summed E-state index contributed by atoms with van der Waals surface area (Å²) < 4.78 is 11.1. The highest BCUT2D eigenvalue weighted by Crippen LogP contribution is 2.40. The first-order chi connectivity index (χ1) is 28.3. The lowest BCUT2D eigenvalue weighted by atomic mass is 10.00. The number of rotatable bonds is 5. The van der Waals surface area contributed by atoms with Crippen LogP contribution in [-0.2, 0) is 0 Å². The standard InChI is InChI=1S/C52H32N4O/c1-3-14-33(15-4-1)50-49-41-22-9-12-25-48(41)57-52(49)54-51(53-50)36-17-13-16-34(30-36)35-26-28-46-42(31-35)43-32-38(27-29-47(43)55(46)37-18-5-2-6-19-37)56-44-23-10-7-20-39(44)40-21-8-11-24-45(40)56/h1-32H. The molecule has 0 aliphatic heterocycles. The van der Waals surface area contributed by atoms with Crippen molar-refractivity contribution in [3.8, 4) is 45.1 Å². The molecule has 8 aromatic carbocycles. The fraction of sp³-hybridized carbons (Fsp3) is 0. The van der Waals surface area contributed by atoms with Crippen LogP contribution in [0.1, 0.15) is 0 Å². The van der Waals surface area contributed by atoms with Gasteiger partial charge in [0.2, 0.25) is 5.71 Å². The Bertz CT molecular complexity index is 3470. The second-order valence-electron chi connectivity index (χ2n) is 14.6. The Morgan fingerprint density at radius 1 is 0.351 bits per heavy atom. The van der Waals surface area contributed by atoms with Gasteiger partial charge in [-0.3, -0.25) is 0 Å². The normalized spacial score (nSPS) is 11.9. The van der Waals surface area contributed by atoms with Crippen molar-refractivity contribution < 1.29 is 4.42 Å². The SMILES string of the molecule is c1ccc(-c2nc(-c3cccc(-c4ccc5c(c4)c4cc(-n6c7ccccc7c7ccccc76)ccc4n5-c4ccccc4)c3)nc3oc4ccccc4c23)cc1. The topological polar surface area (TPSA) is 48.8 Å². The van der Waals surface area contributed by atoms with E-state index >= 15 is 0 Å². The second kappa shape index (κ2) is 12.4. The van der Waals surface area contributed by atoms with Crippen molar-refractivity contribution in [2.24, 2.45) is 0 Å². The predicted octanol–water partition coefficient (Wildman–Crippen LogP) is 13.6. The molecular formula is C52H32N4O. The van der Waals surface area contributed by atoms with Gasteiger partial charge < -0.3 is 13.6 Å². The Morgan fingerprint density at radius 2 is 0.912 bits per heavy atom. The van der Waals surface area contributed by atoms with Crippen LogP contribution in [0.25, 0.3) is 111 Å². The van der Waals surface area contributed by atoms with Gasteiger partial charge in [-0.2, -0.15) is 4.98 Å². The molecule has 5 nitrogen and oxygen atoms in total. The Morgan fingerprint density at radius 3 is 1.68 bits per heavy atom. The number of aromatic nitrogens is 4. The van der Waals surface area contributed by atoms with E-state index in [9.17, 15) is 0 Å². The Labute approximate surface area is 327 Å². The molecule has 0 bridgehead atoms. The van der Waals surface area contributed by atoms with Gasteiger partial charge in [0.05, 0.1) is 33.1 Å². The van der Waals surface area contributed by atoms with E-state index in [0.717, 1.165) is 66.7 Å². The minimum absolute atomic E-state index is 0.583. The molecule has 0 aliphatic rings. The van der Waals surface area contributed by atoms with Crippen LogP contribution < -0.4 is 0 Å². The van der Waals surface area contributed by atoms with Crippen molar-refractivity contribution in [2.45, 2.75) is 0 Å². The Balaban J connectivity index is 1.05. The Hall–Kier alpha value is -7.76. The van der Waals surface area contributed by atoms with Crippen LogP contribution in [0.3, 0.4) is 0 Å². The summed E-state index contributed by atoms with van der Waals surface area (Å²) >= 11 is 0. The third-order valence-electron chi connectivity index (χ3n) is 11.3. The fourth-order valence-electron chi connectivity index (χ4n) is 8.78. The quantitative estimate of drug-likeness (QED) is 0.177. The van der Waals surface area contributed by atoms with E-state index in [2.05, 4.69) is 167 Å². The highest BCUT2D eigenvalue weighted by atomic mass is 16.3. The molecule has 4 aromatic heterocycles. The molecule has 0 radical (unpaired) electrons. The number of benzene rings is 8. The van der Waals surface area contributed by atoms with E-state index in [1.165, 1.54) is 32.6 Å². The molecular weight excluding hydrogens is 697 g/mol. The van der Waals surface area contributed by atoms with Gasteiger partial charge in [-0.25, -0.2) is 4.98 Å². The van der Waals surface area contributed by atoms with Crippen molar-refractivity contribution in [3.63, 3.8) is 0 Å². The molecule has 0 fully saturated rings. The third kappa shape index (κ3) is 4.89. The third-order valence-corrected chi connectivity index (χ3v) is 11.3. The van der Waals surface area contributed by atoms with E-state index in [1.807, 2.05) is 36.4 Å². The van der Waals surface area contributed by atoms with Crippen molar-refractivity contribution in [1.29, 1.82) is 0 Å². The summed E-state index contributed by atoms with van der Waals surface area (Å²) in [5, 5.41) is 6.82. The van der Waals surface area contributed by atoms with Crippen molar-refractivity contribution in [1.82, 2.24) is 19.1 Å². The van der Waals surface area contributed by atoms with Gasteiger partial charge in [0, 0.05) is 49.4 Å². The smallest absolute Gasteiger partial charge is 0.231 e. The molecule has 0 saturated heterocycles. The molecule has 12 rings (SSSR count). The van der Waals surface area contributed by atoms with Crippen LogP contribution >= 0.6 is 0 Å². The van der Waals surface area contributed by atoms with Gasteiger partial charge in [-0.1, -0.05) is 127 Å². The van der Waals surface area contributed by atoms with Crippen LogP contribution in [0, 0.1) is 0 Å². The summed E-state index contributed by atoms with van der Waals surface area (Å²) in [4.78, 5) is 10.3. The van der Waals surface area contributed by atoms with Crippen molar-refractivity contribution in [3.05, 3.63) is 194 Å².